The molecule has 0 aliphatic heterocycles. The summed E-state index contributed by atoms with van der Waals surface area (Å²) in [5.41, 5.74) is -0.442. The topological polar surface area (TPSA) is 50.4 Å². The van der Waals surface area contributed by atoms with E-state index in [0.29, 0.717) is 18.0 Å². The Kier molecular flexibility index (Phi) is 6.09. The molecule has 1 heterocycles. The van der Waals surface area contributed by atoms with Crippen LogP contribution in [-0.2, 0) is 4.74 Å². The predicted molar refractivity (Wildman–Crippen MR) is 95.8 cm³/mol. The van der Waals surface area contributed by atoms with Crippen molar-refractivity contribution in [2.24, 2.45) is 5.92 Å². The highest BCUT2D eigenvalue weighted by Crippen LogP contribution is 2.29. The first-order valence-electron chi connectivity index (χ1n) is 8.53. The minimum atomic E-state index is -0.442. The number of carbonyl (C=O) groups excluding carboxylic acids is 1. The summed E-state index contributed by atoms with van der Waals surface area (Å²) < 4.78 is 5.34. The van der Waals surface area contributed by atoms with Crippen LogP contribution in [0.1, 0.15) is 64.8 Å². The molecular formula is C18H30N2O2S. The van der Waals surface area contributed by atoms with Crippen LogP contribution in [0.4, 0.5) is 4.79 Å². The summed E-state index contributed by atoms with van der Waals surface area (Å²) in [6.45, 7) is 10.2. The highest BCUT2D eigenvalue weighted by molar-refractivity contribution is 7.10. The molecule has 1 aliphatic rings. The fraction of sp³-hybridized carbons (Fsp3) is 0.722. The molecule has 0 aromatic carbocycles. The molecule has 2 rings (SSSR count). The van der Waals surface area contributed by atoms with Gasteiger partial charge in [0.15, 0.2) is 0 Å². The van der Waals surface area contributed by atoms with Gasteiger partial charge < -0.3 is 15.4 Å². The first-order valence-corrected chi connectivity index (χ1v) is 9.41. The molecule has 1 aromatic rings. The largest absolute Gasteiger partial charge is 0.444 e. The van der Waals surface area contributed by atoms with Crippen molar-refractivity contribution in [3.8, 4) is 0 Å². The Balaban J connectivity index is 1.84. The van der Waals surface area contributed by atoms with E-state index in [1.165, 1.54) is 4.88 Å². The fourth-order valence-corrected chi connectivity index (χ4v) is 4.02. The van der Waals surface area contributed by atoms with Gasteiger partial charge in [-0.05, 0) is 57.4 Å². The second kappa shape index (κ2) is 7.67. The van der Waals surface area contributed by atoms with Crippen LogP contribution in [0.2, 0.25) is 0 Å². The third-order valence-corrected chi connectivity index (χ3v) is 5.04. The second-order valence-electron chi connectivity index (χ2n) is 7.76. The number of hydrogen-bond acceptors (Lipinski definition) is 4. The molecule has 3 atom stereocenters. The van der Waals surface area contributed by atoms with Crippen molar-refractivity contribution in [3.63, 3.8) is 0 Å². The second-order valence-corrected chi connectivity index (χ2v) is 8.74. The lowest BCUT2D eigenvalue weighted by atomic mass is 10.0. The van der Waals surface area contributed by atoms with Crippen LogP contribution in [0.15, 0.2) is 17.5 Å². The van der Waals surface area contributed by atoms with Gasteiger partial charge in [-0.2, -0.15) is 0 Å². The van der Waals surface area contributed by atoms with Gasteiger partial charge in [-0.15, -0.1) is 11.3 Å². The van der Waals surface area contributed by atoms with Crippen LogP contribution in [0, 0.1) is 5.92 Å². The average Bonchev–Trinajstić information content (AvgIpc) is 3.04. The molecule has 3 unspecified atom stereocenters. The molecule has 1 fully saturated rings. The monoisotopic (exact) mass is 338 g/mol. The van der Waals surface area contributed by atoms with Crippen LogP contribution in [-0.4, -0.2) is 23.8 Å². The molecule has 1 aliphatic carbocycles. The van der Waals surface area contributed by atoms with E-state index in [-0.39, 0.29) is 12.1 Å². The number of rotatable bonds is 5. The minimum Gasteiger partial charge on any atom is -0.444 e. The van der Waals surface area contributed by atoms with E-state index in [1.54, 1.807) is 0 Å². The lowest BCUT2D eigenvalue weighted by Crippen LogP contribution is -2.39. The van der Waals surface area contributed by atoms with E-state index in [4.69, 9.17) is 4.74 Å². The highest BCUT2D eigenvalue weighted by Gasteiger charge is 2.30. The standard InChI is InChI=1S/C18H30N2O2S/c1-12(2)16(15-7-6-10-23-15)19-13-8-9-14(11-13)20-17(21)22-18(3,4)5/h6-7,10,12-14,16,19H,8-9,11H2,1-5H3,(H,20,21). The molecule has 4 nitrogen and oxygen atoms in total. The first-order chi connectivity index (χ1) is 10.7. The summed E-state index contributed by atoms with van der Waals surface area (Å²) >= 11 is 1.81. The summed E-state index contributed by atoms with van der Waals surface area (Å²) in [5, 5.41) is 8.92. The van der Waals surface area contributed by atoms with Crippen LogP contribution in [0.3, 0.4) is 0 Å². The smallest absolute Gasteiger partial charge is 0.407 e. The number of nitrogens with one attached hydrogen (secondary N) is 2. The molecule has 0 bridgehead atoms. The van der Waals surface area contributed by atoms with E-state index in [0.717, 1.165) is 19.3 Å². The number of carbonyl (C=O) groups is 1. The van der Waals surface area contributed by atoms with E-state index in [1.807, 2.05) is 32.1 Å². The Morgan fingerprint density at radius 3 is 2.57 bits per heavy atom. The van der Waals surface area contributed by atoms with Crippen LogP contribution >= 0.6 is 11.3 Å². The summed E-state index contributed by atoms with van der Waals surface area (Å²) in [5.74, 6) is 0.548. The van der Waals surface area contributed by atoms with E-state index < -0.39 is 5.60 Å². The zero-order valence-corrected chi connectivity index (χ0v) is 15.7. The normalized spacial score (nSPS) is 23.0. The van der Waals surface area contributed by atoms with E-state index >= 15 is 0 Å². The van der Waals surface area contributed by atoms with Crippen molar-refractivity contribution in [1.29, 1.82) is 0 Å². The maximum Gasteiger partial charge on any atom is 0.407 e. The van der Waals surface area contributed by atoms with Crippen molar-refractivity contribution < 1.29 is 9.53 Å². The number of thiophene rings is 1. The van der Waals surface area contributed by atoms with Crippen molar-refractivity contribution in [2.75, 3.05) is 0 Å². The van der Waals surface area contributed by atoms with Crippen LogP contribution < -0.4 is 10.6 Å². The van der Waals surface area contributed by atoms with Crippen molar-refractivity contribution >= 4 is 17.4 Å². The number of ether oxygens (including phenoxy) is 1. The van der Waals surface area contributed by atoms with Gasteiger partial charge in [0.1, 0.15) is 5.60 Å². The lowest BCUT2D eigenvalue weighted by molar-refractivity contribution is 0.0505. The van der Waals surface area contributed by atoms with Crippen LogP contribution in [0.5, 0.6) is 0 Å². The summed E-state index contributed by atoms with van der Waals surface area (Å²) in [6, 6.07) is 5.36. The van der Waals surface area contributed by atoms with Crippen molar-refractivity contribution in [2.45, 2.75) is 77.6 Å². The van der Waals surface area contributed by atoms with E-state index in [2.05, 4.69) is 42.0 Å². The molecule has 2 N–H and O–H groups in total. The summed E-state index contributed by atoms with van der Waals surface area (Å²) in [4.78, 5) is 13.3. The minimum absolute atomic E-state index is 0.207. The Morgan fingerprint density at radius 1 is 1.30 bits per heavy atom. The third kappa shape index (κ3) is 5.81. The zero-order valence-electron chi connectivity index (χ0n) is 14.9. The molecule has 0 radical (unpaired) electrons. The van der Waals surface area contributed by atoms with Gasteiger partial charge in [-0.3, -0.25) is 0 Å². The van der Waals surface area contributed by atoms with Gasteiger partial charge >= 0.3 is 6.09 Å². The quantitative estimate of drug-likeness (QED) is 0.832. The highest BCUT2D eigenvalue weighted by atomic mass is 32.1. The Hall–Kier alpha value is -1.07. The predicted octanol–water partition coefficient (Wildman–Crippen LogP) is 4.48. The van der Waals surface area contributed by atoms with Crippen molar-refractivity contribution in [3.05, 3.63) is 22.4 Å². The molecule has 0 saturated heterocycles. The maximum absolute atomic E-state index is 11.9. The zero-order chi connectivity index (χ0) is 17.0. The SMILES string of the molecule is CC(C)C(NC1CCC(NC(=O)OC(C)(C)C)C1)c1cccs1. The first kappa shape index (κ1) is 18.3. The summed E-state index contributed by atoms with van der Waals surface area (Å²) in [7, 11) is 0. The fourth-order valence-electron chi connectivity index (χ4n) is 3.06. The van der Waals surface area contributed by atoms with Crippen molar-refractivity contribution in [1.82, 2.24) is 10.6 Å². The molecule has 130 valence electrons. The van der Waals surface area contributed by atoms with Gasteiger partial charge in [0.05, 0.1) is 0 Å². The maximum atomic E-state index is 11.9. The Labute approximate surface area is 144 Å². The molecule has 5 heteroatoms. The lowest BCUT2D eigenvalue weighted by Gasteiger charge is -2.26. The molecule has 23 heavy (non-hydrogen) atoms. The van der Waals surface area contributed by atoms with Gasteiger partial charge in [0.2, 0.25) is 0 Å². The summed E-state index contributed by atoms with van der Waals surface area (Å²) in [6.07, 6.45) is 2.76. The molecule has 1 aromatic heterocycles. The Bertz CT molecular complexity index is 494. The van der Waals surface area contributed by atoms with Gasteiger partial charge in [-0.1, -0.05) is 19.9 Å². The van der Waals surface area contributed by atoms with Gasteiger partial charge in [-0.25, -0.2) is 4.79 Å². The number of hydrogen-bond donors (Lipinski definition) is 2. The molecule has 1 saturated carbocycles. The van der Waals surface area contributed by atoms with E-state index in [9.17, 15) is 4.79 Å². The molecule has 1 amide bonds. The molecular weight excluding hydrogens is 308 g/mol. The van der Waals surface area contributed by atoms with Gasteiger partial charge in [0, 0.05) is 23.0 Å². The average molecular weight is 339 g/mol. The van der Waals surface area contributed by atoms with Gasteiger partial charge in [0.25, 0.3) is 0 Å². The Morgan fingerprint density at radius 2 is 2.00 bits per heavy atom. The third-order valence-electron chi connectivity index (χ3n) is 4.09. The van der Waals surface area contributed by atoms with Crippen LogP contribution in [0.25, 0.3) is 0 Å². The molecule has 0 spiro atoms. The number of alkyl carbamates (subject to hydrolysis) is 1. The number of amides is 1.